The number of nitrogens with zero attached hydrogens (tertiary/aromatic N) is 5. The Hall–Kier alpha value is -3.43. The van der Waals surface area contributed by atoms with Crippen molar-refractivity contribution in [3.63, 3.8) is 0 Å². The van der Waals surface area contributed by atoms with Crippen LogP contribution in [-0.4, -0.2) is 48.1 Å². The van der Waals surface area contributed by atoms with E-state index in [1.165, 1.54) is 10.7 Å². The summed E-state index contributed by atoms with van der Waals surface area (Å²) in [5, 5.41) is 22.3. The first-order valence-corrected chi connectivity index (χ1v) is 9.86. The number of aromatic nitrogens is 5. The molecule has 9 nitrogen and oxygen atoms in total. The number of benzene rings is 1. The molecule has 0 radical (unpaired) electrons. The summed E-state index contributed by atoms with van der Waals surface area (Å²) in [6.45, 7) is 3.57. The average molecular weight is 441 g/mol. The van der Waals surface area contributed by atoms with Crippen LogP contribution >= 0.6 is 11.6 Å². The number of ether oxygens (including phenoxy) is 1. The van der Waals surface area contributed by atoms with Gasteiger partial charge in [0.2, 0.25) is 0 Å². The number of rotatable bonds is 6. The third-order valence-corrected chi connectivity index (χ3v) is 4.73. The van der Waals surface area contributed by atoms with Crippen molar-refractivity contribution < 1.29 is 14.6 Å². The van der Waals surface area contributed by atoms with E-state index in [0.29, 0.717) is 38.9 Å². The quantitative estimate of drug-likeness (QED) is 0.476. The van der Waals surface area contributed by atoms with Gasteiger partial charge < -0.3 is 15.2 Å². The normalized spacial score (nSPS) is 11.6. The molecule has 1 aromatic carbocycles. The van der Waals surface area contributed by atoms with Crippen molar-refractivity contribution >= 4 is 28.8 Å². The van der Waals surface area contributed by atoms with Crippen LogP contribution in [0.15, 0.2) is 49.1 Å². The SMILES string of the molecule is COc1ccc(Cl)cc1-c1nn(CC(C)(C)O)cc1NC(=O)c1cnn2cccnc12. The molecule has 4 aromatic rings. The lowest BCUT2D eigenvalue weighted by Gasteiger charge is -2.16. The fourth-order valence-electron chi connectivity index (χ4n) is 3.23. The summed E-state index contributed by atoms with van der Waals surface area (Å²) in [6, 6.07) is 6.88. The lowest BCUT2D eigenvalue weighted by molar-refractivity contribution is 0.0578. The summed E-state index contributed by atoms with van der Waals surface area (Å²) in [7, 11) is 1.55. The molecule has 0 fully saturated rings. The molecule has 1 amide bonds. The Kier molecular flexibility index (Phi) is 5.38. The van der Waals surface area contributed by atoms with Gasteiger partial charge in [0, 0.05) is 29.2 Å². The molecule has 3 aromatic heterocycles. The van der Waals surface area contributed by atoms with Gasteiger partial charge in [-0.25, -0.2) is 9.50 Å². The number of amides is 1. The second-order valence-corrected chi connectivity index (χ2v) is 8.08. The molecule has 4 rings (SSSR count). The largest absolute Gasteiger partial charge is 0.496 e. The monoisotopic (exact) mass is 440 g/mol. The van der Waals surface area contributed by atoms with Gasteiger partial charge in [0.25, 0.3) is 5.91 Å². The Labute approximate surface area is 183 Å². The van der Waals surface area contributed by atoms with Gasteiger partial charge in [0.15, 0.2) is 5.65 Å². The molecule has 160 valence electrons. The number of methoxy groups -OCH3 is 1. The minimum atomic E-state index is -1.00. The van der Waals surface area contributed by atoms with Crippen LogP contribution in [0.1, 0.15) is 24.2 Å². The van der Waals surface area contributed by atoms with Gasteiger partial charge in [-0.05, 0) is 38.1 Å². The first-order valence-electron chi connectivity index (χ1n) is 9.48. The van der Waals surface area contributed by atoms with Crippen LogP contribution in [0.25, 0.3) is 16.9 Å². The second-order valence-electron chi connectivity index (χ2n) is 7.65. The van der Waals surface area contributed by atoms with Crippen molar-refractivity contribution in [2.24, 2.45) is 0 Å². The lowest BCUT2D eigenvalue weighted by atomic mass is 10.1. The molecule has 0 saturated carbocycles. The Balaban J connectivity index is 1.77. The predicted molar refractivity (Wildman–Crippen MR) is 116 cm³/mol. The maximum Gasteiger partial charge on any atom is 0.261 e. The average Bonchev–Trinajstić information content (AvgIpc) is 3.30. The van der Waals surface area contributed by atoms with E-state index in [1.807, 2.05) is 0 Å². The number of hydrogen-bond acceptors (Lipinski definition) is 6. The smallest absolute Gasteiger partial charge is 0.261 e. The van der Waals surface area contributed by atoms with Gasteiger partial charge in [0.05, 0.1) is 31.1 Å². The van der Waals surface area contributed by atoms with E-state index in [0.717, 1.165) is 0 Å². The number of nitrogens with one attached hydrogen (secondary N) is 1. The number of carbonyl (C=O) groups is 1. The lowest BCUT2D eigenvalue weighted by Crippen LogP contribution is -2.26. The number of carbonyl (C=O) groups excluding carboxylic acids is 1. The van der Waals surface area contributed by atoms with Crippen molar-refractivity contribution in [2.75, 3.05) is 12.4 Å². The molecule has 0 saturated heterocycles. The van der Waals surface area contributed by atoms with E-state index in [2.05, 4.69) is 20.5 Å². The van der Waals surface area contributed by atoms with E-state index in [4.69, 9.17) is 16.3 Å². The van der Waals surface area contributed by atoms with Gasteiger partial charge >= 0.3 is 0 Å². The zero-order valence-electron chi connectivity index (χ0n) is 17.2. The highest BCUT2D eigenvalue weighted by molar-refractivity contribution is 6.31. The van der Waals surface area contributed by atoms with Crippen LogP contribution in [0.4, 0.5) is 5.69 Å². The Morgan fingerprint density at radius 2 is 2.16 bits per heavy atom. The van der Waals surface area contributed by atoms with Crippen LogP contribution in [0.2, 0.25) is 5.02 Å². The Morgan fingerprint density at radius 3 is 2.90 bits per heavy atom. The number of aliphatic hydroxyl groups is 1. The van der Waals surface area contributed by atoms with Gasteiger partial charge in [0.1, 0.15) is 17.0 Å². The molecule has 3 heterocycles. The minimum Gasteiger partial charge on any atom is -0.496 e. The predicted octanol–water partition coefficient (Wildman–Crippen LogP) is 3.28. The molecule has 0 atom stereocenters. The first-order chi connectivity index (χ1) is 14.7. The Morgan fingerprint density at radius 1 is 1.35 bits per heavy atom. The van der Waals surface area contributed by atoms with Crippen molar-refractivity contribution in [3.8, 4) is 17.0 Å². The first kappa shape index (κ1) is 20.8. The zero-order valence-corrected chi connectivity index (χ0v) is 18.0. The second kappa shape index (κ2) is 8.01. The molecule has 2 N–H and O–H groups in total. The van der Waals surface area contributed by atoms with Crippen LogP contribution in [0.5, 0.6) is 5.75 Å². The summed E-state index contributed by atoms with van der Waals surface area (Å²) >= 11 is 6.20. The van der Waals surface area contributed by atoms with Gasteiger partial charge in [-0.2, -0.15) is 10.2 Å². The topological polar surface area (TPSA) is 107 Å². The van der Waals surface area contributed by atoms with E-state index in [-0.39, 0.29) is 6.54 Å². The number of hydrogen-bond donors (Lipinski definition) is 2. The van der Waals surface area contributed by atoms with Gasteiger partial charge in [-0.1, -0.05) is 11.6 Å². The van der Waals surface area contributed by atoms with E-state index < -0.39 is 11.5 Å². The number of anilines is 1. The molecule has 0 aliphatic rings. The third-order valence-electron chi connectivity index (χ3n) is 4.50. The summed E-state index contributed by atoms with van der Waals surface area (Å²) in [4.78, 5) is 17.3. The highest BCUT2D eigenvalue weighted by Crippen LogP contribution is 2.36. The molecule has 0 unspecified atom stereocenters. The fourth-order valence-corrected chi connectivity index (χ4v) is 3.40. The fraction of sp³-hybridized carbons (Fsp3) is 0.238. The summed E-state index contributed by atoms with van der Waals surface area (Å²) in [6.07, 6.45) is 6.42. The molecule has 31 heavy (non-hydrogen) atoms. The third kappa shape index (κ3) is 4.37. The van der Waals surface area contributed by atoms with Gasteiger partial charge in [-0.3, -0.25) is 9.48 Å². The van der Waals surface area contributed by atoms with Crippen LogP contribution in [-0.2, 0) is 6.54 Å². The highest BCUT2D eigenvalue weighted by atomic mass is 35.5. The number of halogens is 1. The molecule has 0 spiro atoms. The molecular weight excluding hydrogens is 420 g/mol. The molecule has 10 heteroatoms. The summed E-state index contributed by atoms with van der Waals surface area (Å²) < 4.78 is 8.55. The van der Waals surface area contributed by atoms with E-state index in [1.54, 1.807) is 68.5 Å². The van der Waals surface area contributed by atoms with Gasteiger partial charge in [-0.15, -0.1) is 0 Å². The molecule has 0 aliphatic carbocycles. The van der Waals surface area contributed by atoms with Crippen molar-refractivity contribution in [1.29, 1.82) is 0 Å². The van der Waals surface area contributed by atoms with Crippen molar-refractivity contribution in [3.05, 3.63) is 59.6 Å². The highest BCUT2D eigenvalue weighted by Gasteiger charge is 2.22. The van der Waals surface area contributed by atoms with Crippen molar-refractivity contribution in [1.82, 2.24) is 24.4 Å². The molecular formula is C21H21ClN6O3. The van der Waals surface area contributed by atoms with Crippen LogP contribution < -0.4 is 10.1 Å². The Bertz CT molecular complexity index is 1260. The maximum absolute atomic E-state index is 13.0. The van der Waals surface area contributed by atoms with Crippen LogP contribution in [0, 0.1) is 0 Å². The van der Waals surface area contributed by atoms with Crippen LogP contribution in [0.3, 0.4) is 0 Å². The summed E-state index contributed by atoms with van der Waals surface area (Å²) in [5.41, 5.74) is 1.25. The standard InChI is InChI=1S/C21H21ClN6O3/c1-21(2,30)12-27-11-16(18(26-27)14-9-13(22)5-6-17(14)31-3)25-20(29)15-10-24-28-8-4-7-23-19(15)28/h4-11,30H,12H2,1-3H3,(H,25,29). The van der Waals surface area contributed by atoms with E-state index >= 15 is 0 Å². The maximum atomic E-state index is 13.0. The summed E-state index contributed by atoms with van der Waals surface area (Å²) in [5.74, 6) is 0.157. The zero-order chi connectivity index (χ0) is 22.2. The van der Waals surface area contributed by atoms with Crippen molar-refractivity contribution in [2.45, 2.75) is 26.0 Å². The minimum absolute atomic E-state index is 0.219. The number of fused-ring (bicyclic) bond motifs is 1. The molecule has 0 bridgehead atoms. The van der Waals surface area contributed by atoms with E-state index in [9.17, 15) is 9.90 Å². The molecule has 0 aliphatic heterocycles.